The van der Waals surface area contributed by atoms with Gasteiger partial charge in [0.1, 0.15) is 0 Å². The molecule has 1 saturated heterocycles. The lowest BCUT2D eigenvalue weighted by Crippen LogP contribution is -2.11. The molecule has 0 amide bonds. The molecule has 1 aliphatic rings. The van der Waals surface area contributed by atoms with Crippen LogP contribution in [0.3, 0.4) is 0 Å². The number of unbranched alkanes of at least 4 members (excludes halogenated alkanes) is 1. The third-order valence-corrected chi connectivity index (χ3v) is 2.56. The molecule has 0 aromatic rings. The van der Waals surface area contributed by atoms with Crippen molar-refractivity contribution in [2.75, 3.05) is 13.2 Å². The summed E-state index contributed by atoms with van der Waals surface area (Å²) in [6, 6.07) is 0. The van der Waals surface area contributed by atoms with Gasteiger partial charge in [-0.15, -0.1) is 0 Å². The van der Waals surface area contributed by atoms with Gasteiger partial charge in [0.15, 0.2) is 0 Å². The monoisotopic (exact) mass is 157 g/mol. The van der Waals surface area contributed by atoms with E-state index in [9.17, 15) is 0 Å². The number of rotatable bonds is 4. The Balaban J connectivity index is 2.05. The highest BCUT2D eigenvalue weighted by Gasteiger charge is 2.22. The van der Waals surface area contributed by atoms with Gasteiger partial charge in [0, 0.05) is 6.61 Å². The number of nitrogens with two attached hydrogens (primary N) is 1. The molecule has 2 unspecified atom stereocenters. The standard InChI is InChI=1S/C9H19NO/c1-8-9(5-7-11-8)4-2-3-6-10/h8-9H,2-7,10H2,1H3. The van der Waals surface area contributed by atoms with Crippen LogP contribution in [0.2, 0.25) is 0 Å². The molecule has 2 N–H and O–H groups in total. The second-order valence-electron chi connectivity index (χ2n) is 3.41. The van der Waals surface area contributed by atoms with Crippen LogP contribution in [0.25, 0.3) is 0 Å². The van der Waals surface area contributed by atoms with E-state index in [0.29, 0.717) is 6.10 Å². The van der Waals surface area contributed by atoms with Crippen LogP contribution >= 0.6 is 0 Å². The van der Waals surface area contributed by atoms with Crippen LogP contribution in [0.4, 0.5) is 0 Å². The van der Waals surface area contributed by atoms with Crippen LogP contribution in [0, 0.1) is 5.92 Å². The topological polar surface area (TPSA) is 35.2 Å². The van der Waals surface area contributed by atoms with Crippen molar-refractivity contribution in [3.63, 3.8) is 0 Å². The van der Waals surface area contributed by atoms with Gasteiger partial charge in [-0.1, -0.05) is 6.42 Å². The third kappa shape index (κ3) is 2.80. The minimum Gasteiger partial charge on any atom is -0.378 e. The van der Waals surface area contributed by atoms with Gasteiger partial charge in [0.2, 0.25) is 0 Å². The van der Waals surface area contributed by atoms with Crippen molar-refractivity contribution < 1.29 is 4.74 Å². The second kappa shape index (κ2) is 4.73. The van der Waals surface area contributed by atoms with Crippen LogP contribution in [0.1, 0.15) is 32.6 Å². The van der Waals surface area contributed by atoms with E-state index in [4.69, 9.17) is 10.5 Å². The highest BCUT2D eigenvalue weighted by Crippen LogP contribution is 2.25. The summed E-state index contributed by atoms with van der Waals surface area (Å²) in [5.41, 5.74) is 5.42. The molecule has 0 saturated carbocycles. The SMILES string of the molecule is CC1OCCC1CCCCN. The first-order valence-corrected chi connectivity index (χ1v) is 4.66. The Hall–Kier alpha value is -0.0800. The fourth-order valence-corrected chi connectivity index (χ4v) is 1.71. The smallest absolute Gasteiger partial charge is 0.0575 e. The van der Waals surface area contributed by atoms with Gasteiger partial charge in [-0.25, -0.2) is 0 Å². The molecule has 0 radical (unpaired) electrons. The van der Waals surface area contributed by atoms with Crippen LogP contribution < -0.4 is 5.73 Å². The van der Waals surface area contributed by atoms with Crippen LogP contribution in [-0.4, -0.2) is 19.3 Å². The van der Waals surface area contributed by atoms with E-state index in [1.165, 1.54) is 25.7 Å². The molecule has 0 aliphatic carbocycles. The van der Waals surface area contributed by atoms with Crippen molar-refractivity contribution >= 4 is 0 Å². The van der Waals surface area contributed by atoms with E-state index in [1.807, 2.05) is 0 Å². The molecule has 66 valence electrons. The van der Waals surface area contributed by atoms with Gasteiger partial charge in [-0.05, 0) is 38.6 Å². The first-order valence-electron chi connectivity index (χ1n) is 4.66. The number of hydrogen-bond acceptors (Lipinski definition) is 2. The van der Waals surface area contributed by atoms with Crippen LogP contribution in [0.5, 0.6) is 0 Å². The zero-order chi connectivity index (χ0) is 8.10. The van der Waals surface area contributed by atoms with Crippen LogP contribution in [0.15, 0.2) is 0 Å². The molecule has 0 aromatic carbocycles. The molecule has 0 bridgehead atoms. The van der Waals surface area contributed by atoms with Gasteiger partial charge < -0.3 is 10.5 Å². The Morgan fingerprint density at radius 2 is 2.27 bits per heavy atom. The maximum Gasteiger partial charge on any atom is 0.0575 e. The fraction of sp³-hybridized carbons (Fsp3) is 1.00. The third-order valence-electron chi connectivity index (χ3n) is 2.56. The summed E-state index contributed by atoms with van der Waals surface area (Å²) in [5, 5.41) is 0. The Kier molecular flexibility index (Phi) is 3.87. The summed E-state index contributed by atoms with van der Waals surface area (Å²) in [4.78, 5) is 0. The highest BCUT2D eigenvalue weighted by molar-refractivity contribution is 4.72. The number of ether oxygens (including phenoxy) is 1. The van der Waals surface area contributed by atoms with Gasteiger partial charge in [0.05, 0.1) is 6.10 Å². The molecular formula is C9H19NO. The average Bonchev–Trinajstić information content (AvgIpc) is 2.37. The lowest BCUT2D eigenvalue weighted by molar-refractivity contribution is 0.103. The normalized spacial score (nSPS) is 31.1. The van der Waals surface area contributed by atoms with Crippen LogP contribution in [-0.2, 0) is 4.74 Å². The molecule has 2 nitrogen and oxygen atoms in total. The maximum absolute atomic E-state index is 5.46. The number of hydrogen-bond donors (Lipinski definition) is 1. The fourth-order valence-electron chi connectivity index (χ4n) is 1.71. The molecule has 2 atom stereocenters. The van der Waals surface area contributed by atoms with Gasteiger partial charge >= 0.3 is 0 Å². The Bertz CT molecular complexity index is 106. The molecule has 1 rings (SSSR count). The van der Waals surface area contributed by atoms with E-state index in [2.05, 4.69) is 6.92 Å². The summed E-state index contributed by atoms with van der Waals surface area (Å²) in [6.45, 7) is 3.98. The van der Waals surface area contributed by atoms with E-state index < -0.39 is 0 Å². The van der Waals surface area contributed by atoms with E-state index in [-0.39, 0.29) is 0 Å². The second-order valence-corrected chi connectivity index (χ2v) is 3.41. The van der Waals surface area contributed by atoms with E-state index >= 15 is 0 Å². The van der Waals surface area contributed by atoms with Crippen molar-refractivity contribution in [2.45, 2.75) is 38.7 Å². The van der Waals surface area contributed by atoms with Crippen molar-refractivity contribution in [1.82, 2.24) is 0 Å². The lowest BCUT2D eigenvalue weighted by atomic mass is 9.96. The summed E-state index contributed by atoms with van der Waals surface area (Å²) in [5.74, 6) is 0.807. The van der Waals surface area contributed by atoms with Gasteiger partial charge in [-0.3, -0.25) is 0 Å². The molecule has 1 aliphatic heterocycles. The Morgan fingerprint density at radius 1 is 1.45 bits per heavy atom. The molecule has 0 aromatic heterocycles. The van der Waals surface area contributed by atoms with Crippen molar-refractivity contribution in [3.8, 4) is 0 Å². The highest BCUT2D eigenvalue weighted by atomic mass is 16.5. The van der Waals surface area contributed by atoms with Gasteiger partial charge in [-0.2, -0.15) is 0 Å². The molecule has 1 heterocycles. The first kappa shape index (κ1) is 9.01. The molecular weight excluding hydrogens is 138 g/mol. The van der Waals surface area contributed by atoms with E-state index in [0.717, 1.165) is 19.1 Å². The summed E-state index contributed by atoms with van der Waals surface area (Å²) in [6.07, 6.45) is 5.50. The predicted molar refractivity (Wildman–Crippen MR) is 46.4 cm³/mol. The first-order chi connectivity index (χ1) is 5.34. The van der Waals surface area contributed by atoms with Crippen molar-refractivity contribution in [1.29, 1.82) is 0 Å². The molecule has 1 fully saturated rings. The largest absolute Gasteiger partial charge is 0.378 e. The summed E-state index contributed by atoms with van der Waals surface area (Å²) >= 11 is 0. The predicted octanol–water partition coefficient (Wildman–Crippen LogP) is 1.54. The summed E-state index contributed by atoms with van der Waals surface area (Å²) in [7, 11) is 0. The molecule has 11 heavy (non-hydrogen) atoms. The van der Waals surface area contributed by atoms with E-state index in [1.54, 1.807) is 0 Å². The Morgan fingerprint density at radius 3 is 2.82 bits per heavy atom. The zero-order valence-electron chi connectivity index (χ0n) is 7.38. The minimum atomic E-state index is 0.493. The van der Waals surface area contributed by atoms with Crippen molar-refractivity contribution in [2.24, 2.45) is 11.7 Å². The van der Waals surface area contributed by atoms with Crippen molar-refractivity contribution in [3.05, 3.63) is 0 Å². The molecule has 2 heteroatoms. The average molecular weight is 157 g/mol. The Labute approximate surface area is 69.1 Å². The zero-order valence-corrected chi connectivity index (χ0v) is 7.38. The maximum atomic E-state index is 5.46. The lowest BCUT2D eigenvalue weighted by Gasteiger charge is -2.12. The quantitative estimate of drug-likeness (QED) is 0.628. The van der Waals surface area contributed by atoms with Gasteiger partial charge in [0.25, 0.3) is 0 Å². The minimum absolute atomic E-state index is 0.493. The molecule has 0 spiro atoms. The summed E-state index contributed by atoms with van der Waals surface area (Å²) < 4.78 is 5.46.